The molecule has 1 amide bonds. The van der Waals surface area contributed by atoms with Gasteiger partial charge in [0.05, 0.1) is 5.75 Å². The van der Waals surface area contributed by atoms with Gasteiger partial charge in [-0.2, -0.15) is 0 Å². The third kappa shape index (κ3) is 6.75. The van der Waals surface area contributed by atoms with Gasteiger partial charge in [0.1, 0.15) is 0 Å². The van der Waals surface area contributed by atoms with Crippen molar-refractivity contribution in [1.82, 2.24) is 0 Å². The minimum Gasteiger partial charge on any atom is -0.481 e. The Hall–Kier alpha value is -2.55. The lowest BCUT2D eigenvalue weighted by Crippen LogP contribution is -2.35. The summed E-state index contributed by atoms with van der Waals surface area (Å²) in [5, 5.41) is 9.43. The number of ketones is 2. The molecule has 1 aromatic carbocycles. The third-order valence-electron chi connectivity index (χ3n) is 3.50. The van der Waals surface area contributed by atoms with Crippen LogP contribution in [0.25, 0.3) is 0 Å². The molecule has 0 saturated heterocycles. The number of carboxylic acids is 1. The van der Waals surface area contributed by atoms with Crippen LogP contribution < -0.4 is 5.32 Å². The molecule has 0 fully saturated rings. The Balaban J connectivity index is 2.72. The number of hydrogen-bond donors (Lipinski definition) is 2. The molecular formula is C17H21NO7S. The Bertz CT molecular complexity index is 783. The van der Waals surface area contributed by atoms with E-state index in [1.807, 2.05) is 0 Å². The Kier molecular flexibility index (Phi) is 7.63. The van der Waals surface area contributed by atoms with Crippen molar-refractivity contribution >= 4 is 39.0 Å². The first-order valence-corrected chi connectivity index (χ1v) is 9.57. The molecule has 1 rings (SSSR count). The van der Waals surface area contributed by atoms with E-state index < -0.39 is 38.4 Å². The second-order valence-electron chi connectivity index (χ2n) is 5.90. The molecule has 0 unspecified atom stereocenters. The minimum atomic E-state index is -3.97. The van der Waals surface area contributed by atoms with Gasteiger partial charge in [0, 0.05) is 18.5 Å². The molecule has 0 aromatic heterocycles. The smallest absolute Gasteiger partial charge is 0.303 e. The zero-order chi connectivity index (χ0) is 19.9. The molecule has 2 N–H and O–H groups in total. The Morgan fingerprint density at radius 3 is 2.00 bits per heavy atom. The second kappa shape index (κ2) is 9.23. The van der Waals surface area contributed by atoms with Crippen molar-refractivity contribution in [2.75, 3.05) is 5.32 Å². The van der Waals surface area contributed by atoms with Gasteiger partial charge >= 0.3 is 5.97 Å². The normalized spacial score (nSPS) is 11.2. The maximum absolute atomic E-state index is 12.3. The number of Topliss-reactive ketones (excluding diaryl/α,β-unsaturated/α-hetero) is 2. The number of rotatable bonds is 10. The highest BCUT2D eigenvalue weighted by Gasteiger charge is 2.33. The summed E-state index contributed by atoms with van der Waals surface area (Å²) in [7, 11) is -3.97. The van der Waals surface area contributed by atoms with E-state index in [0.29, 0.717) is 11.3 Å². The Morgan fingerprint density at radius 1 is 1.00 bits per heavy atom. The molecule has 9 heteroatoms. The summed E-state index contributed by atoms with van der Waals surface area (Å²) in [5.74, 6) is -3.23. The average Bonchev–Trinajstić information content (AvgIpc) is 2.47. The van der Waals surface area contributed by atoms with Crippen LogP contribution in [0.3, 0.4) is 0 Å². The molecule has 0 saturated carbocycles. The van der Waals surface area contributed by atoms with Gasteiger partial charge in [0.25, 0.3) is 0 Å². The molecule has 0 spiro atoms. The number of benzene rings is 1. The van der Waals surface area contributed by atoms with Crippen molar-refractivity contribution in [2.24, 2.45) is 0 Å². The topological polar surface area (TPSA) is 135 Å². The van der Waals surface area contributed by atoms with Gasteiger partial charge in [-0.15, -0.1) is 0 Å². The number of amides is 1. The maximum atomic E-state index is 12.3. The van der Waals surface area contributed by atoms with Crippen molar-refractivity contribution in [2.45, 2.75) is 44.1 Å². The van der Waals surface area contributed by atoms with Gasteiger partial charge in [-0.05, 0) is 38.0 Å². The summed E-state index contributed by atoms with van der Waals surface area (Å²) in [4.78, 5) is 45.0. The fourth-order valence-corrected chi connectivity index (χ4v) is 4.25. The van der Waals surface area contributed by atoms with E-state index in [1.165, 1.54) is 24.3 Å². The number of carbonyl (C=O) groups is 4. The molecular weight excluding hydrogens is 362 g/mol. The number of sulfone groups is 1. The zero-order valence-electron chi connectivity index (χ0n) is 14.5. The summed E-state index contributed by atoms with van der Waals surface area (Å²) in [6, 6.07) is 5.94. The Morgan fingerprint density at radius 2 is 1.54 bits per heavy atom. The van der Waals surface area contributed by atoms with Gasteiger partial charge in [-0.25, -0.2) is 8.42 Å². The largest absolute Gasteiger partial charge is 0.481 e. The highest BCUT2D eigenvalue weighted by atomic mass is 32.2. The molecule has 0 atom stereocenters. The first-order chi connectivity index (χ1) is 12.0. The predicted molar refractivity (Wildman–Crippen MR) is 94.3 cm³/mol. The van der Waals surface area contributed by atoms with Crippen LogP contribution in [0, 0.1) is 0 Å². The van der Waals surface area contributed by atoms with Gasteiger partial charge in [0.2, 0.25) is 5.91 Å². The molecule has 0 heterocycles. The number of hydrogen-bond acceptors (Lipinski definition) is 6. The van der Waals surface area contributed by atoms with Crippen LogP contribution in [0.5, 0.6) is 0 Å². The number of carbonyl (C=O) groups excluding carboxylic acids is 3. The summed E-state index contributed by atoms with van der Waals surface area (Å²) in [5.41, 5.74) is 0.808. The SMILES string of the molecule is CC(=O)C(C(C)=O)S(=O)(=O)Cc1ccc(NC(=O)CCCC(=O)O)cc1. The van der Waals surface area contributed by atoms with Crippen molar-refractivity contribution in [3.63, 3.8) is 0 Å². The first-order valence-electron chi connectivity index (χ1n) is 7.86. The fraction of sp³-hybridized carbons (Fsp3) is 0.412. The minimum absolute atomic E-state index is 0.0569. The molecule has 0 aliphatic heterocycles. The molecule has 0 aliphatic rings. The van der Waals surface area contributed by atoms with Gasteiger partial charge in [0.15, 0.2) is 26.7 Å². The molecule has 142 valence electrons. The molecule has 0 aliphatic carbocycles. The van der Waals surface area contributed by atoms with E-state index in [9.17, 15) is 27.6 Å². The lowest BCUT2D eigenvalue weighted by molar-refractivity contribution is -0.137. The van der Waals surface area contributed by atoms with Gasteiger partial charge in [-0.1, -0.05) is 12.1 Å². The first kappa shape index (κ1) is 21.5. The maximum Gasteiger partial charge on any atom is 0.303 e. The summed E-state index contributed by atoms with van der Waals surface area (Å²) in [6.07, 6.45) is 0.175. The standard InChI is InChI=1S/C17H21NO7S/c1-11(19)17(12(2)20)26(24,25)10-13-6-8-14(9-7-13)18-15(21)4-3-5-16(22)23/h6-9,17H,3-5,10H2,1-2H3,(H,18,21)(H,22,23). The fourth-order valence-electron chi connectivity index (χ4n) is 2.42. The van der Waals surface area contributed by atoms with Crippen molar-refractivity contribution in [3.8, 4) is 0 Å². The van der Waals surface area contributed by atoms with Crippen LogP contribution in [0.2, 0.25) is 0 Å². The van der Waals surface area contributed by atoms with Crippen molar-refractivity contribution in [3.05, 3.63) is 29.8 Å². The van der Waals surface area contributed by atoms with Crippen LogP contribution in [0.4, 0.5) is 5.69 Å². The van der Waals surface area contributed by atoms with E-state index in [4.69, 9.17) is 5.11 Å². The highest BCUT2D eigenvalue weighted by Crippen LogP contribution is 2.16. The summed E-state index contributed by atoms with van der Waals surface area (Å²) >= 11 is 0. The molecule has 0 bridgehead atoms. The molecule has 1 aromatic rings. The van der Waals surface area contributed by atoms with E-state index >= 15 is 0 Å². The monoisotopic (exact) mass is 383 g/mol. The number of nitrogens with one attached hydrogen (secondary N) is 1. The van der Waals surface area contributed by atoms with E-state index in [1.54, 1.807) is 0 Å². The van der Waals surface area contributed by atoms with Crippen molar-refractivity contribution < 1.29 is 32.7 Å². The molecule has 8 nitrogen and oxygen atoms in total. The number of anilines is 1. The molecule has 0 radical (unpaired) electrons. The predicted octanol–water partition coefficient (Wildman–Crippen LogP) is 1.34. The number of carboxylic acid groups (broad SMARTS) is 1. The van der Waals surface area contributed by atoms with E-state index in [0.717, 1.165) is 13.8 Å². The van der Waals surface area contributed by atoms with Crippen molar-refractivity contribution in [1.29, 1.82) is 0 Å². The lowest BCUT2D eigenvalue weighted by atomic mass is 10.2. The summed E-state index contributed by atoms with van der Waals surface area (Å²) < 4.78 is 24.5. The van der Waals surface area contributed by atoms with Crippen LogP contribution >= 0.6 is 0 Å². The van der Waals surface area contributed by atoms with Crippen LogP contribution in [-0.4, -0.2) is 42.2 Å². The van der Waals surface area contributed by atoms with Crippen LogP contribution in [-0.2, 0) is 34.8 Å². The van der Waals surface area contributed by atoms with Crippen LogP contribution in [0.15, 0.2) is 24.3 Å². The van der Waals surface area contributed by atoms with Gasteiger partial charge < -0.3 is 10.4 Å². The highest BCUT2D eigenvalue weighted by molar-refractivity contribution is 7.92. The van der Waals surface area contributed by atoms with Crippen LogP contribution in [0.1, 0.15) is 38.7 Å². The van der Waals surface area contributed by atoms with E-state index in [-0.39, 0.29) is 25.2 Å². The number of aliphatic carboxylic acids is 1. The van der Waals surface area contributed by atoms with Gasteiger partial charge in [-0.3, -0.25) is 19.2 Å². The summed E-state index contributed by atoms with van der Waals surface area (Å²) in [6.45, 7) is 2.12. The Labute approximate surface area is 151 Å². The second-order valence-corrected chi connectivity index (χ2v) is 7.99. The third-order valence-corrected chi connectivity index (χ3v) is 5.62. The lowest BCUT2D eigenvalue weighted by Gasteiger charge is -2.12. The zero-order valence-corrected chi connectivity index (χ0v) is 15.3. The quantitative estimate of drug-likeness (QED) is 0.582. The van der Waals surface area contributed by atoms with E-state index in [2.05, 4.69) is 5.32 Å². The molecule has 26 heavy (non-hydrogen) atoms. The average molecular weight is 383 g/mol.